The summed E-state index contributed by atoms with van der Waals surface area (Å²) in [6.45, 7) is 4.21. The molecular weight excluding hydrogens is 388 g/mol. The van der Waals surface area contributed by atoms with Crippen LogP contribution in [0.3, 0.4) is 0 Å². The molecule has 2 aromatic rings. The van der Waals surface area contributed by atoms with Crippen molar-refractivity contribution in [1.29, 1.82) is 0 Å². The Kier molecular flexibility index (Phi) is 7.37. The maximum Gasteiger partial charge on any atom is 0.265 e. The van der Waals surface area contributed by atoms with Crippen LogP contribution in [-0.2, 0) is 9.59 Å². The number of thiophene rings is 1. The van der Waals surface area contributed by atoms with E-state index in [4.69, 9.17) is 0 Å². The molecule has 1 fully saturated rings. The summed E-state index contributed by atoms with van der Waals surface area (Å²) in [6.07, 6.45) is 1.77. The van der Waals surface area contributed by atoms with Gasteiger partial charge in [0, 0.05) is 24.5 Å². The number of nitrogens with one attached hydrogen (secondary N) is 3. The molecule has 3 N–H and O–H groups in total. The van der Waals surface area contributed by atoms with Crippen LogP contribution in [0.5, 0.6) is 0 Å². The molecule has 0 saturated carbocycles. The SMILES string of the molecule is CCNC(=O)C1CCCN(CC(=O)Nc2ccc(NC(=O)c3cccs3)cc2)C1. The summed E-state index contributed by atoms with van der Waals surface area (Å²) in [5, 5.41) is 10.4. The molecule has 3 amide bonds. The van der Waals surface area contributed by atoms with Crippen LogP contribution in [-0.4, -0.2) is 48.8 Å². The predicted molar refractivity (Wildman–Crippen MR) is 115 cm³/mol. The Bertz CT molecular complexity index is 836. The molecule has 1 aliphatic heterocycles. The first-order chi connectivity index (χ1) is 14.0. The summed E-state index contributed by atoms with van der Waals surface area (Å²) >= 11 is 1.38. The number of benzene rings is 1. The van der Waals surface area contributed by atoms with Crippen LogP contribution >= 0.6 is 11.3 Å². The first-order valence-corrected chi connectivity index (χ1v) is 10.7. The third-order valence-corrected chi connectivity index (χ3v) is 5.63. The number of rotatable bonds is 7. The molecule has 1 unspecified atom stereocenters. The summed E-state index contributed by atoms with van der Waals surface area (Å²) in [7, 11) is 0. The van der Waals surface area contributed by atoms with Gasteiger partial charge in [0.25, 0.3) is 5.91 Å². The zero-order valence-corrected chi connectivity index (χ0v) is 17.3. The minimum absolute atomic E-state index is 0.0530. The van der Waals surface area contributed by atoms with E-state index >= 15 is 0 Å². The maximum absolute atomic E-state index is 12.4. The molecule has 154 valence electrons. The number of hydrogen-bond donors (Lipinski definition) is 3. The van der Waals surface area contributed by atoms with Crippen molar-refractivity contribution in [3.05, 3.63) is 46.7 Å². The van der Waals surface area contributed by atoms with Crippen LogP contribution in [0.4, 0.5) is 11.4 Å². The Morgan fingerprint density at radius 2 is 1.83 bits per heavy atom. The maximum atomic E-state index is 12.4. The molecule has 8 heteroatoms. The van der Waals surface area contributed by atoms with E-state index in [1.807, 2.05) is 23.3 Å². The lowest BCUT2D eigenvalue weighted by atomic mass is 9.97. The highest BCUT2D eigenvalue weighted by atomic mass is 32.1. The van der Waals surface area contributed by atoms with Crippen molar-refractivity contribution in [2.45, 2.75) is 19.8 Å². The fourth-order valence-electron chi connectivity index (χ4n) is 3.37. The second kappa shape index (κ2) is 10.2. The number of anilines is 2. The van der Waals surface area contributed by atoms with Gasteiger partial charge in [-0.15, -0.1) is 11.3 Å². The summed E-state index contributed by atoms with van der Waals surface area (Å²) in [5.74, 6) is -0.249. The van der Waals surface area contributed by atoms with Crippen molar-refractivity contribution in [2.75, 3.05) is 36.8 Å². The monoisotopic (exact) mass is 414 g/mol. The van der Waals surface area contributed by atoms with E-state index in [-0.39, 0.29) is 30.2 Å². The molecule has 1 aliphatic rings. The standard InChI is InChI=1S/C21H26N4O3S/c1-2-22-20(27)15-5-3-11-25(13-15)14-19(26)23-16-7-9-17(10-8-16)24-21(28)18-6-4-12-29-18/h4,6-10,12,15H,2-3,5,11,13-14H2,1H3,(H,22,27)(H,23,26)(H,24,28). The molecule has 1 saturated heterocycles. The third kappa shape index (κ3) is 6.13. The summed E-state index contributed by atoms with van der Waals surface area (Å²) in [4.78, 5) is 39.2. The predicted octanol–water partition coefficient (Wildman–Crippen LogP) is 2.79. The van der Waals surface area contributed by atoms with Crippen molar-refractivity contribution in [1.82, 2.24) is 10.2 Å². The van der Waals surface area contributed by atoms with Gasteiger partial charge in [-0.2, -0.15) is 0 Å². The van der Waals surface area contributed by atoms with Crippen molar-refractivity contribution in [2.24, 2.45) is 5.92 Å². The van der Waals surface area contributed by atoms with Gasteiger partial charge < -0.3 is 16.0 Å². The van der Waals surface area contributed by atoms with Gasteiger partial charge in [-0.3, -0.25) is 19.3 Å². The molecule has 29 heavy (non-hydrogen) atoms. The van der Waals surface area contributed by atoms with E-state index < -0.39 is 0 Å². The Balaban J connectivity index is 1.48. The molecule has 0 bridgehead atoms. The number of likely N-dealkylation sites (tertiary alicyclic amines) is 1. The molecule has 2 heterocycles. The van der Waals surface area contributed by atoms with Gasteiger partial charge in [0.05, 0.1) is 17.3 Å². The van der Waals surface area contributed by atoms with Gasteiger partial charge in [0.2, 0.25) is 11.8 Å². The average molecular weight is 415 g/mol. The van der Waals surface area contributed by atoms with E-state index in [1.54, 1.807) is 30.3 Å². The molecule has 0 aliphatic carbocycles. The quantitative estimate of drug-likeness (QED) is 0.650. The topological polar surface area (TPSA) is 90.5 Å². The molecule has 0 radical (unpaired) electrons. The summed E-state index contributed by atoms with van der Waals surface area (Å²) in [6, 6.07) is 10.6. The zero-order valence-electron chi connectivity index (χ0n) is 16.4. The fourth-order valence-corrected chi connectivity index (χ4v) is 3.99. The van der Waals surface area contributed by atoms with E-state index in [0.717, 1.165) is 19.4 Å². The number of carbonyl (C=O) groups is 3. The summed E-state index contributed by atoms with van der Waals surface area (Å²) < 4.78 is 0. The number of nitrogens with zero attached hydrogens (tertiary/aromatic N) is 1. The first-order valence-electron chi connectivity index (χ1n) is 9.80. The Labute approximate surface area is 174 Å². The molecule has 1 aromatic heterocycles. The van der Waals surface area contributed by atoms with E-state index in [2.05, 4.69) is 16.0 Å². The van der Waals surface area contributed by atoms with Crippen LogP contribution in [0.1, 0.15) is 29.4 Å². The Morgan fingerprint density at radius 3 is 2.48 bits per heavy atom. The lowest BCUT2D eigenvalue weighted by molar-refractivity contribution is -0.127. The number of carbonyl (C=O) groups excluding carboxylic acids is 3. The lowest BCUT2D eigenvalue weighted by Crippen LogP contribution is -2.45. The molecular formula is C21H26N4O3S. The number of amides is 3. The second-order valence-corrected chi connectivity index (χ2v) is 7.97. The van der Waals surface area contributed by atoms with Gasteiger partial charge in [-0.05, 0) is 62.0 Å². The van der Waals surface area contributed by atoms with Crippen LogP contribution < -0.4 is 16.0 Å². The smallest absolute Gasteiger partial charge is 0.265 e. The van der Waals surface area contributed by atoms with E-state index in [0.29, 0.717) is 29.3 Å². The normalized spacial score (nSPS) is 16.8. The minimum Gasteiger partial charge on any atom is -0.356 e. The average Bonchev–Trinajstić information content (AvgIpc) is 3.25. The summed E-state index contributed by atoms with van der Waals surface area (Å²) in [5.41, 5.74) is 1.34. The minimum atomic E-state index is -0.149. The first kappa shape index (κ1) is 21.0. The Morgan fingerprint density at radius 1 is 1.10 bits per heavy atom. The zero-order chi connectivity index (χ0) is 20.6. The van der Waals surface area contributed by atoms with Crippen molar-refractivity contribution < 1.29 is 14.4 Å². The van der Waals surface area contributed by atoms with Crippen LogP contribution in [0.25, 0.3) is 0 Å². The highest BCUT2D eigenvalue weighted by molar-refractivity contribution is 7.12. The largest absolute Gasteiger partial charge is 0.356 e. The highest BCUT2D eigenvalue weighted by Gasteiger charge is 2.26. The Hall–Kier alpha value is -2.71. The van der Waals surface area contributed by atoms with Gasteiger partial charge in [0.15, 0.2) is 0 Å². The van der Waals surface area contributed by atoms with Crippen LogP contribution in [0.2, 0.25) is 0 Å². The second-order valence-electron chi connectivity index (χ2n) is 7.03. The van der Waals surface area contributed by atoms with Gasteiger partial charge in [-0.1, -0.05) is 6.07 Å². The van der Waals surface area contributed by atoms with E-state index in [1.165, 1.54) is 11.3 Å². The fraction of sp³-hybridized carbons (Fsp3) is 0.381. The van der Waals surface area contributed by atoms with Crippen molar-refractivity contribution >= 4 is 40.4 Å². The third-order valence-electron chi connectivity index (χ3n) is 4.77. The van der Waals surface area contributed by atoms with E-state index in [9.17, 15) is 14.4 Å². The van der Waals surface area contributed by atoms with Gasteiger partial charge in [-0.25, -0.2) is 0 Å². The van der Waals surface area contributed by atoms with Gasteiger partial charge in [0.1, 0.15) is 0 Å². The van der Waals surface area contributed by atoms with Crippen LogP contribution in [0.15, 0.2) is 41.8 Å². The lowest BCUT2D eigenvalue weighted by Gasteiger charge is -2.31. The van der Waals surface area contributed by atoms with Crippen molar-refractivity contribution in [3.63, 3.8) is 0 Å². The van der Waals surface area contributed by atoms with Crippen LogP contribution in [0, 0.1) is 5.92 Å². The molecule has 7 nitrogen and oxygen atoms in total. The number of hydrogen-bond acceptors (Lipinski definition) is 5. The van der Waals surface area contributed by atoms with Crippen molar-refractivity contribution in [3.8, 4) is 0 Å². The molecule has 3 rings (SSSR count). The molecule has 0 spiro atoms. The highest BCUT2D eigenvalue weighted by Crippen LogP contribution is 2.18. The van der Waals surface area contributed by atoms with Gasteiger partial charge >= 0.3 is 0 Å². The molecule has 1 atom stereocenters. The number of piperidine rings is 1. The molecule has 1 aromatic carbocycles.